The van der Waals surface area contributed by atoms with Crippen molar-refractivity contribution in [3.63, 3.8) is 0 Å². The largest absolute Gasteiger partial charge is 0.491 e. The van der Waals surface area contributed by atoms with Gasteiger partial charge in [-0.25, -0.2) is 15.0 Å². The highest BCUT2D eigenvalue weighted by Gasteiger charge is 2.21. The van der Waals surface area contributed by atoms with E-state index >= 15 is 0 Å². The average molecular weight is 511 g/mol. The third-order valence-electron chi connectivity index (χ3n) is 6.11. The lowest BCUT2D eigenvalue weighted by Gasteiger charge is -2.26. The standard InChI is InChI=1S/C24H30N8O5/c1-31-23(35)19-16(25)10-17(37-13-18(33)28-6-9-32-7-4-3-5-8-32)21(36-2)20(19)29-24(31)30-22(34)15-11-26-14-27-12-15/h10-12,14H,3-9,13,25H2,1-2H3,(H,28,33)(H,29,30,34). The normalized spacial score (nSPS) is 13.8. The molecular weight excluding hydrogens is 480 g/mol. The van der Waals surface area contributed by atoms with Crippen LogP contribution in [-0.4, -0.2) is 76.1 Å². The number of fused-ring (bicyclic) bond motifs is 1. The Hall–Kier alpha value is -4.26. The predicted octanol–water partition coefficient (Wildman–Crippen LogP) is 0.548. The Morgan fingerprint density at radius 3 is 2.59 bits per heavy atom. The van der Waals surface area contributed by atoms with Crippen molar-refractivity contribution in [1.82, 2.24) is 29.7 Å². The lowest BCUT2D eigenvalue weighted by Crippen LogP contribution is -2.39. The minimum absolute atomic E-state index is 0.0448. The number of nitrogen functional groups attached to an aromatic ring is 1. The van der Waals surface area contributed by atoms with Crippen LogP contribution in [-0.2, 0) is 11.8 Å². The van der Waals surface area contributed by atoms with E-state index in [1.54, 1.807) is 0 Å². The first-order valence-corrected chi connectivity index (χ1v) is 11.9. The number of nitrogens with one attached hydrogen (secondary N) is 2. The van der Waals surface area contributed by atoms with Crippen molar-refractivity contribution < 1.29 is 19.1 Å². The van der Waals surface area contributed by atoms with Gasteiger partial charge in [0.05, 0.1) is 23.7 Å². The number of nitrogens with two attached hydrogens (primary N) is 1. The number of ether oxygens (including phenoxy) is 2. The summed E-state index contributed by atoms with van der Waals surface area (Å²) in [5, 5.41) is 5.52. The maximum atomic E-state index is 13.1. The van der Waals surface area contributed by atoms with Crippen molar-refractivity contribution in [2.45, 2.75) is 19.3 Å². The van der Waals surface area contributed by atoms with Crippen molar-refractivity contribution in [3.05, 3.63) is 40.7 Å². The number of hydrogen-bond donors (Lipinski definition) is 3. The van der Waals surface area contributed by atoms with Crippen LogP contribution in [0.1, 0.15) is 29.6 Å². The Bertz CT molecular complexity index is 1340. The number of amides is 2. The summed E-state index contributed by atoms with van der Waals surface area (Å²) < 4.78 is 12.3. The first-order valence-electron chi connectivity index (χ1n) is 11.9. The molecule has 0 radical (unpaired) electrons. The number of nitrogens with zero attached hydrogens (tertiary/aromatic N) is 5. The van der Waals surface area contributed by atoms with E-state index in [1.807, 2.05) is 0 Å². The van der Waals surface area contributed by atoms with Crippen LogP contribution in [0.2, 0.25) is 0 Å². The second-order valence-corrected chi connectivity index (χ2v) is 8.64. The van der Waals surface area contributed by atoms with Crippen molar-refractivity contribution in [2.24, 2.45) is 7.05 Å². The Balaban J connectivity index is 1.52. The van der Waals surface area contributed by atoms with E-state index in [2.05, 4.69) is 30.5 Å². The summed E-state index contributed by atoms with van der Waals surface area (Å²) in [6.45, 7) is 3.13. The molecule has 3 heterocycles. The number of carbonyl (C=O) groups is 2. The zero-order valence-electron chi connectivity index (χ0n) is 20.8. The molecule has 4 N–H and O–H groups in total. The van der Waals surface area contributed by atoms with E-state index in [4.69, 9.17) is 15.2 Å². The Kier molecular flexibility index (Phi) is 8.13. The summed E-state index contributed by atoms with van der Waals surface area (Å²) in [6.07, 6.45) is 7.59. The molecule has 0 aliphatic carbocycles. The minimum Gasteiger partial charge on any atom is -0.491 e. The Morgan fingerprint density at radius 1 is 1.16 bits per heavy atom. The second kappa shape index (κ2) is 11.6. The topological polar surface area (TPSA) is 167 Å². The summed E-state index contributed by atoms with van der Waals surface area (Å²) in [6, 6.07) is 1.42. The van der Waals surface area contributed by atoms with Gasteiger partial charge >= 0.3 is 0 Å². The summed E-state index contributed by atoms with van der Waals surface area (Å²) in [5.74, 6) is -0.637. The van der Waals surface area contributed by atoms with Gasteiger partial charge in [-0.15, -0.1) is 0 Å². The fourth-order valence-corrected chi connectivity index (χ4v) is 4.16. The van der Waals surface area contributed by atoms with E-state index < -0.39 is 11.5 Å². The molecule has 13 nitrogen and oxygen atoms in total. The molecule has 2 aromatic heterocycles. The van der Waals surface area contributed by atoms with Gasteiger partial charge in [-0.05, 0) is 25.9 Å². The number of anilines is 2. The molecule has 0 spiro atoms. The molecule has 0 bridgehead atoms. The van der Waals surface area contributed by atoms with E-state index in [0.717, 1.165) is 24.2 Å². The zero-order valence-corrected chi connectivity index (χ0v) is 20.8. The molecule has 4 rings (SSSR count). The van der Waals surface area contributed by atoms with Gasteiger partial charge in [-0.3, -0.25) is 24.3 Å². The quantitative estimate of drug-likeness (QED) is 0.346. The van der Waals surface area contributed by atoms with E-state index in [1.165, 1.54) is 58.2 Å². The van der Waals surface area contributed by atoms with Crippen molar-refractivity contribution in [3.8, 4) is 11.5 Å². The fourth-order valence-electron chi connectivity index (χ4n) is 4.16. The molecule has 3 aromatic rings. The smallest absolute Gasteiger partial charge is 0.264 e. The van der Waals surface area contributed by atoms with Gasteiger partial charge in [0.15, 0.2) is 18.1 Å². The van der Waals surface area contributed by atoms with Crippen LogP contribution in [0, 0.1) is 0 Å². The molecule has 196 valence electrons. The summed E-state index contributed by atoms with van der Waals surface area (Å²) in [5.41, 5.74) is 6.04. The van der Waals surface area contributed by atoms with Crippen LogP contribution < -0.4 is 31.4 Å². The van der Waals surface area contributed by atoms with Gasteiger partial charge in [-0.2, -0.15) is 0 Å². The fraction of sp³-hybridized carbons (Fsp3) is 0.417. The number of rotatable bonds is 9. The van der Waals surface area contributed by atoms with Gasteiger partial charge < -0.3 is 25.4 Å². The Morgan fingerprint density at radius 2 is 1.89 bits per heavy atom. The molecule has 37 heavy (non-hydrogen) atoms. The number of carbonyl (C=O) groups excluding carboxylic acids is 2. The van der Waals surface area contributed by atoms with E-state index in [9.17, 15) is 14.4 Å². The second-order valence-electron chi connectivity index (χ2n) is 8.64. The van der Waals surface area contributed by atoms with Gasteiger partial charge in [0.2, 0.25) is 5.95 Å². The first-order chi connectivity index (χ1) is 17.9. The van der Waals surface area contributed by atoms with Crippen LogP contribution in [0.25, 0.3) is 10.9 Å². The molecule has 1 fully saturated rings. The summed E-state index contributed by atoms with van der Waals surface area (Å²) in [7, 11) is 2.84. The first kappa shape index (κ1) is 25.8. The number of aromatic nitrogens is 4. The van der Waals surface area contributed by atoms with Crippen molar-refractivity contribution in [1.29, 1.82) is 0 Å². The van der Waals surface area contributed by atoms with Crippen LogP contribution in [0.4, 0.5) is 11.6 Å². The van der Waals surface area contributed by atoms with Crippen LogP contribution in [0.15, 0.2) is 29.6 Å². The highest BCUT2D eigenvalue weighted by atomic mass is 16.5. The van der Waals surface area contributed by atoms with Crippen molar-refractivity contribution in [2.75, 3.05) is 50.9 Å². The molecule has 0 atom stereocenters. The lowest BCUT2D eigenvalue weighted by atomic mass is 10.1. The molecule has 1 saturated heterocycles. The molecule has 1 aliphatic rings. The Labute approximate surface area is 213 Å². The third-order valence-corrected chi connectivity index (χ3v) is 6.11. The van der Waals surface area contributed by atoms with Gasteiger partial charge in [0.1, 0.15) is 11.8 Å². The summed E-state index contributed by atoms with van der Waals surface area (Å²) in [4.78, 5) is 52.4. The van der Waals surface area contributed by atoms with Crippen molar-refractivity contribution >= 4 is 34.4 Å². The number of methoxy groups -OCH3 is 1. The zero-order chi connectivity index (χ0) is 26.4. The molecule has 1 aliphatic heterocycles. The number of hydrogen-bond acceptors (Lipinski definition) is 10. The number of likely N-dealkylation sites (tertiary alicyclic amines) is 1. The van der Waals surface area contributed by atoms with Gasteiger partial charge in [-0.1, -0.05) is 6.42 Å². The maximum absolute atomic E-state index is 13.1. The highest BCUT2D eigenvalue weighted by molar-refractivity contribution is 6.04. The number of piperidine rings is 1. The molecule has 0 unspecified atom stereocenters. The SMILES string of the molecule is COc1c(OCC(=O)NCCN2CCCCC2)cc(N)c2c(=O)n(C)c(NC(=O)c3cncnc3)nc12. The maximum Gasteiger partial charge on any atom is 0.264 e. The highest BCUT2D eigenvalue weighted by Crippen LogP contribution is 2.37. The molecule has 0 saturated carbocycles. The van der Waals surface area contributed by atoms with Gasteiger partial charge in [0, 0.05) is 38.6 Å². The monoisotopic (exact) mass is 510 g/mol. The lowest BCUT2D eigenvalue weighted by molar-refractivity contribution is -0.123. The molecule has 1 aromatic carbocycles. The van der Waals surface area contributed by atoms with Crippen LogP contribution in [0.5, 0.6) is 11.5 Å². The molecule has 2 amide bonds. The van der Waals surface area contributed by atoms with E-state index in [-0.39, 0.29) is 52.1 Å². The average Bonchev–Trinajstić information content (AvgIpc) is 2.91. The van der Waals surface area contributed by atoms with Gasteiger partial charge in [0.25, 0.3) is 17.4 Å². The van der Waals surface area contributed by atoms with E-state index in [0.29, 0.717) is 6.54 Å². The third kappa shape index (κ3) is 5.94. The predicted molar refractivity (Wildman–Crippen MR) is 137 cm³/mol. The van der Waals surface area contributed by atoms with Crippen LogP contribution >= 0.6 is 0 Å². The minimum atomic E-state index is -0.553. The molecular formula is C24H30N8O5. The summed E-state index contributed by atoms with van der Waals surface area (Å²) >= 11 is 0. The molecule has 13 heteroatoms. The number of benzene rings is 1. The van der Waals surface area contributed by atoms with Crippen LogP contribution in [0.3, 0.4) is 0 Å².